The molecule has 1 atom stereocenters. The van der Waals surface area contributed by atoms with Crippen LogP contribution in [0.4, 0.5) is 0 Å². The van der Waals surface area contributed by atoms with E-state index in [1.165, 1.54) is 0 Å². The van der Waals surface area contributed by atoms with Crippen LogP contribution < -0.4 is 5.73 Å². The number of likely N-dealkylation sites (tertiary alicyclic amines) is 1. The van der Waals surface area contributed by atoms with Gasteiger partial charge in [-0.15, -0.1) is 24.2 Å². The van der Waals surface area contributed by atoms with E-state index in [1.54, 1.807) is 11.8 Å². The van der Waals surface area contributed by atoms with Crippen molar-refractivity contribution in [3.8, 4) is 0 Å². The van der Waals surface area contributed by atoms with Crippen LogP contribution in [-0.2, 0) is 4.79 Å². The molecule has 2 aromatic rings. The van der Waals surface area contributed by atoms with E-state index in [0.29, 0.717) is 12.3 Å². The van der Waals surface area contributed by atoms with E-state index in [9.17, 15) is 4.79 Å². The molecule has 0 saturated carbocycles. The number of halogens is 2. The summed E-state index contributed by atoms with van der Waals surface area (Å²) in [4.78, 5) is 15.3. The van der Waals surface area contributed by atoms with Gasteiger partial charge in [0.15, 0.2) is 0 Å². The van der Waals surface area contributed by atoms with Gasteiger partial charge in [0.05, 0.1) is 5.75 Å². The Hall–Kier alpha value is -0.940. The van der Waals surface area contributed by atoms with Gasteiger partial charge < -0.3 is 10.6 Å². The molecule has 0 radical (unpaired) electrons. The van der Waals surface area contributed by atoms with Crippen molar-refractivity contribution >= 4 is 52.4 Å². The number of hydrogen-bond acceptors (Lipinski definition) is 3. The molecule has 1 saturated heterocycles. The Morgan fingerprint density at radius 2 is 2.04 bits per heavy atom. The van der Waals surface area contributed by atoms with Crippen molar-refractivity contribution in [2.24, 2.45) is 5.73 Å². The molecule has 1 aliphatic rings. The fraction of sp³-hybridized carbons (Fsp3) is 0.353. The third-order valence-electron chi connectivity index (χ3n) is 3.98. The summed E-state index contributed by atoms with van der Waals surface area (Å²) in [7, 11) is 0. The molecular formula is C17H20Cl2N2OS. The maximum atomic E-state index is 12.4. The first kappa shape index (κ1) is 18.4. The first-order valence-electron chi connectivity index (χ1n) is 7.48. The minimum atomic E-state index is 0. The van der Waals surface area contributed by atoms with Crippen molar-refractivity contribution in [2.75, 3.05) is 18.8 Å². The number of thioether (sulfide) groups is 1. The summed E-state index contributed by atoms with van der Waals surface area (Å²) in [5.41, 5.74) is 5.95. The number of carbonyl (C=O) groups is 1. The zero-order valence-corrected chi connectivity index (χ0v) is 15.1. The van der Waals surface area contributed by atoms with Crippen molar-refractivity contribution in [1.29, 1.82) is 0 Å². The number of nitrogens with two attached hydrogens (primary N) is 1. The van der Waals surface area contributed by atoms with E-state index in [4.69, 9.17) is 17.3 Å². The molecule has 6 heteroatoms. The molecule has 3 nitrogen and oxygen atoms in total. The molecule has 1 unspecified atom stereocenters. The average molecular weight is 371 g/mol. The lowest BCUT2D eigenvalue weighted by atomic mass is 10.1. The molecule has 1 heterocycles. The topological polar surface area (TPSA) is 46.3 Å². The number of nitrogens with zero attached hydrogens (tertiary/aromatic N) is 1. The Balaban J connectivity index is 0.00000192. The molecule has 2 aromatic carbocycles. The molecule has 2 N–H and O–H groups in total. The average Bonchev–Trinajstić information content (AvgIpc) is 2.52. The predicted octanol–water partition coefficient (Wildman–Crippen LogP) is 3.96. The third-order valence-corrected chi connectivity index (χ3v) is 5.33. The van der Waals surface area contributed by atoms with Crippen molar-refractivity contribution < 1.29 is 4.79 Å². The van der Waals surface area contributed by atoms with Gasteiger partial charge in [-0.3, -0.25) is 4.79 Å². The van der Waals surface area contributed by atoms with Crippen LogP contribution in [-0.4, -0.2) is 35.7 Å². The maximum Gasteiger partial charge on any atom is 0.232 e. The molecule has 0 spiro atoms. The summed E-state index contributed by atoms with van der Waals surface area (Å²) in [5, 5.41) is 2.86. The smallest absolute Gasteiger partial charge is 0.232 e. The summed E-state index contributed by atoms with van der Waals surface area (Å²) < 4.78 is 0. The fourth-order valence-corrected chi connectivity index (χ4v) is 4.20. The molecule has 1 fully saturated rings. The van der Waals surface area contributed by atoms with Gasteiger partial charge in [-0.2, -0.15) is 0 Å². The van der Waals surface area contributed by atoms with Gasteiger partial charge in [0.1, 0.15) is 0 Å². The lowest BCUT2D eigenvalue weighted by molar-refractivity contribution is -0.129. The van der Waals surface area contributed by atoms with Crippen molar-refractivity contribution in [3.63, 3.8) is 0 Å². The quantitative estimate of drug-likeness (QED) is 0.831. The normalized spacial score (nSPS) is 17.8. The maximum absolute atomic E-state index is 12.4. The third kappa shape index (κ3) is 4.32. The Labute approximate surface area is 152 Å². The molecular weight excluding hydrogens is 351 g/mol. The van der Waals surface area contributed by atoms with Crippen molar-refractivity contribution in [1.82, 2.24) is 4.90 Å². The zero-order chi connectivity index (χ0) is 15.5. The number of piperidine rings is 1. The van der Waals surface area contributed by atoms with Crippen molar-refractivity contribution in [3.05, 3.63) is 41.4 Å². The Kier molecular flexibility index (Phi) is 6.60. The Bertz CT molecular complexity index is 690. The number of benzene rings is 2. The molecule has 0 aliphatic carbocycles. The Morgan fingerprint density at radius 1 is 1.30 bits per heavy atom. The van der Waals surface area contributed by atoms with Gasteiger partial charge in [0, 0.05) is 34.4 Å². The van der Waals surface area contributed by atoms with Crippen molar-refractivity contribution in [2.45, 2.75) is 23.8 Å². The van der Waals surface area contributed by atoms with Gasteiger partial charge in [0.2, 0.25) is 5.91 Å². The number of rotatable bonds is 3. The highest BCUT2D eigenvalue weighted by atomic mass is 35.5. The van der Waals surface area contributed by atoms with E-state index < -0.39 is 0 Å². The van der Waals surface area contributed by atoms with Crippen LogP contribution in [0, 0.1) is 0 Å². The highest BCUT2D eigenvalue weighted by molar-refractivity contribution is 8.00. The largest absolute Gasteiger partial charge is 0.340 e. The highest BCUT2D eigenvalue weighted by Gasteiger charge is 2.21. The molecule has 0 bridgehead atoms. The van der Waals surface area contributed by atoms with Crippen LogP contribution in [0.5, 0.6) is 0 Å². The van der Waals surface area contributed by atoms with Gasteiger partial charge in [-0.25, -0.2) is 0 Å². The molecule has 0 aromatic heterocycles. The molecule has 1 aliphatic heterocycles. The monoisotopic (exact) mass is 370 g/mol. The summed E-state index contributed by atoms with van der Waals surface area (Å²) in [6.45, 7) is 1.50. The molecule has 124 valence electrons. The van der Waals surface area contributed by atoms with Crippen LogP contribution in [0.25, 0.3) is 10.8 Å². The van der Waals surface area contributed by atoms with Crippen LogP contribution >= 0.6 is 35.8 Å². The SMILES string of the molecule is Cl.NC1CCCN(C(=O)CSc2cccc3cccc(Cl)c23)C1. The summed E-state index contributed by atoms with van der Waals surface area (Å²) in [6.07, 6.45) is 2.01. The molecule has 1 amide bonds. The first-order chi connectivity index (χ1) is 10.6. The second kappa shape index (κ2) is 8.25. The fourth-order valence-electron chi connectivity index (χ4n) is 2.85. The predicted molar refractivity (Wildman–Crippen MR) is 101 cm³/mol. The van der Waals surface area contributed by atoms with E-state index in [1.807, 2.05) is 41.3 Å². The van der Waals surface area contributed by atoms with Gasteiger partial charge in [-0.1, -0.05) is 35.9 Å². The second-order valence-electron chi connectivity index (χ2n) is 5.62. The lowest BCUT2D eigenvalue weighted by Crippen LogP contribution is -2.46. The highest BCUT2D eigenvalue weighted by Crippen LogP contribution is 2.33. The number of amides is 1. The second-order valence-corrected chi connectivity index (χ2v) is 7.05. The van der Waals surface area contributed by atoms with Crippen LogP contribution in [0.2, 0.25) is 5.02 Å². The minimum absolute atomic E-state index is 0. The number of fused-ring (bicyclic) bond motifs is 1. The minimum Gasteiger partial charge on any atom is -0.340 e. The number of carbonyl (C=O) groups excluding carboxylic acids is 1. The lowest BCUT2D eigenvalue weighted by Gasteiger charge is -2.30. The molecule has 23 heavy (non-hydrogen) atoms. The van der Waals surface area contributed by atoms with E-state index >= 15 is 0 Å². The number of hydrogen-bond donors (Lipinski definition) is 1. The van der Waals surface area contributed by atoms with Crippen LogP contribution in [0.3, 0.4) is 0 Å². The molecule has 3 rings (SSSR count). The van der Waals surface area contributed by atoms with Gasteiger partial charge in [0.25, 0.3) is 0 Å². The summed E-state index contributed by atoms with van der Waals surface area (Å²) in [5.74, 6) is 0.584. The summed E-state index contributed by atoms with van der Waals surface area (Å²) in [6, 6.07) is 12.1. The van der Waals surface area contributed by atoms with Crippen LogP contribution in [0.1, 0.15) is 12.8 Å². The Morgan fingerprint density at radius 3 is 2.78 bits per heavy atom. The van der Waals surface area contributed by atoms with Gasteiger partial charge >= 0.3 is 0 Å². The van der Waals surface area contributed by atoms with E-state index in [2.05, 4.69) is 0 Å². The van der Waals surface area contributed by atoms with Gasteiger partial charge in [-0.05, 0) is 30.4 Å². The van der Waals surface area contributed by atoms with Crippen LogP contribution in [0.15, 0.2) is 41.3 Å². The van der Waals surface area contributed by atoms with E-state index in [0.717, 1.165) is 40.1 Å². The summed E-state index contributed by atoms with van der Waals surface area (Å²) >= 11 is 7.87. The zero-order valence-electron chi connectivity index (χ0n) is 12.7. The van der Waals surface area contributed by atoms with E-state index in [-0.39, 0.29) is 24.4 Å². The first-order valence-corrected chi connectivity index (χ1v) is 8.85. The standard InChI is InChI=1S/C17H19ClN2OS.ClH/c18-14-7-1-4-12-5-2-8-15(17(12)14)22-11-16(21)20-9-3-6-13(19)10-20;/h1-2,4-5,7-8,13H,3,6,9-11,19H2;1H.